The van der Waals surface area contributed by atoms with Crippen LogP contribution < -0.4 is 0 Å². The van der Waals surface area contributed by atoms with E-state index in [0.717, 1.165) is 5.57 Å². The molecule has 0 bridgehead atoms. The molecule has 0 fully saturated rings. The normalized spacial score (nSPS) is 10.7. The maximum Gasteiger partial charge on any atom is 0 e. The summed E-state index contributed by atoms with van der Waals surface area (Å²) < 4.78 is 22.5. The van der Waals surface area contributed by atoms with Gasteiger partial charge in [-0.1, -0.05) is 23.8 Å². The van der Waals surface area contributed by atoms with E-state index in [9.17, 15) is 4.79 Å². The predicted molar refractivity (Wildman–Crippen MR) is 58.1 cm³/mol. The molecule has 0 radical (unpaired) electrons. The molecule has 0 aromatic heterocycles. The van der Waals surface area contributed by atoms with E-state index in [2.05, 4.69) is 20.0 Å². The van der Waals surface area contributed by atoms with Crippen LogP contribution in [0.5, 0.6) is 0 Å². The number of hydrogen-bond donors (Lipinski definition) is 0. The van der Waals surface area contributed by atoms with Crippen molar-refractivity contribution in [2.24, 2.45) is 0 Å². The Balaban J connectivity index is -0.000000123. The predicted octanol–water partition coefficient (Wildman–Crippen LogP) is 2.29. The van der Waals surface area contributed by atoms with Crippen molar-refractivity contribution < 1.29 is 35.8 Å². The Morgan fingerprint density at radius 2 is 1.39 bits per heavy atom. The van der Waals surface area contributed by atoms with Crippen molar-refractivity contribution in [3.8, 4) is 0 Å². The molecule has 0 atom stereocenters. The summed E-state index contributed by atoms with van der Waals surface area (Å²) in [7, 11) is 0. The van der Waals surface area contributed by atoms with E-state index in [1.807, 2.05) is 26.0 Å². The van der Waals surface area contributed by atoms with Gasteiger partial charge in [-0.3, -0.25) is 4.79 Å². The third-order valence-electron chi connectivity index (χ3n) is 1.70. The quantitative estimate of drug-likeness (QED) is 0.382. The minimum absolute atomic E-state index is 0. The van der Waals surface area contributed by atoms with E-state index in [-0.39, 0.29) is 22.9 Å². The molecule has 5 heteroatoms. The second-order valence-electron chi connectivity index (χ2n) is 2.89. The molecule has 0 saturated heterocycles. The van der Waals surface area contributed by atoms with E-state index in [4.69, 9.17) is 14.0 Å². The molecule has 0 aliphatic heterocycles. The summed E-state index contributed by atoms with van der Waals surface area (Å²) in [6.07, 6.45) is 7.87. The van der Waals surface area contributed by atoms with Crippen LogP contribution in [0.1, 0.15) is 20.3 Å². The zero-order valence-electron chi connectivity index (χ0n) is 10.0. The maximum atomic E-state index is 11.0. The Morgan fingerprint density at radius 1 is 1.00 bits per heavy atom. The van der Waals surface area contributed by atoms with Crippen molar-refractivity contribution in [1.29, 1.82) is 0 Å². The average molecular weight is 288 g/mol. The van der Waals surface area contributed by atoms with Crippen molar-refractivity contribution in [3.63, 3.8) is 0 Å². The summed E-state index contributed by atoms with van der Waals surface area (Å²) >= 11 is 0. The summed E-state index contributed by atoms with van der Waals surface area (Å²) in [5.74, 6) is 0.186. The van der Waals surface area contributed by atoms with Gasteiger partial charge >= 0.3 is 33.9 Å². The van der Waals surface area contributed by atoms with Gasteiger partial charge in [0.25, 0.3) is 0 Å². The maximum absolute atomic E-state index is 11.0. The van der Waals surface area contributed by atoms with Crippen LogP contribution in [0.4, 0.5) is 0 Å². The Hall–Kier alpha value is -1.37. The molecular formula is C13H12FeO4. The second kappa shape index (κ2) is 21.0. The van der Waals surface area contributed by atoms with Crippen LogP contribution in [0, 0.1) is 20.0 Å². The average Bonchev–Trinajstić information content (AvgIpc) is 2.61. The van der Waals surface area contributed by atoms with Crippen LogP contribution in [0.2, 0.25) is 0 Å². The number of hydrogen-bond acceptors (Lipinski definition) is 1. The number of rotatable bonds is 0. The zero-order valence-corrected chi connectivity index (χ0v) is 11.1. The smallest absolute Gasteiger partial charge is 0 e. The fraction of sp³-hybridized carbons (Fsp3) is 0.231. The van der Waals surface area contributed by atoms with Crippen LogP contribution in [-0.2, 0) is 35.8 Å². The van der Waals surface area contributed by atoms with Crippen molar-refractivity contribution >= 4 is 5.78 Å². The molecular weight excluding hydrogens is 276 g/mol. The molecule has 0 unspecified atom stereocenters. The monoisotopic (exact) mass is 288 g/mol. The summed E-state index contributed by atoms with van der Waals surface area (Å²) in [5, 5.41) is 0. The van der Waals surface area contributed by atoms with Crippen LogP contribution in [0.3, 0.4) is 0 Å². The first-order chi connectivity index (χ1) is 8.20. The minimum Gasteiger partial charge on any atom is 0 e. The summed E-state index contributed by atoms with van der Waals surface area (Å²) in [6.45, 7) is 17.6. The zero-order chi connectivity index (χ0) is 14.3. The molecule has 1 aliphatic rings. The molecule has 96 valence electrons. The molecule has 0 N–H and O–H groups in total. The van der Waals surface area contributed by atoms with Crippen molar-refractivity contribution in [3.05, 3.63) is 55.4 Å². The van der Waals surface area contributed by atoms with E-state index < -0.39 is 0 Å². The van der Waals surface area contributed by atoms with Crippen LogP contribution >= 0.6 is 0 Å². The minimum atomic E-state index is 0. The van der Waals surface area contributed by atoms with Gasteiger partial charge in [0.1, 0.15) is 0 Å². The molecule has 0 aromatic carbocycles. The SMILES string of the molecule is CC(C)=C1C=CC=CC(=O)C1.[C-]#[O+].[C-]#[O+].[C-]#[O+].[Fe]. The van der Waals surface area contributed by atoms with Gasteiger partial charge in [-0.25, -0.2) is 0 Å². The van der Waals surface area contributed by atoms with E-state index in [1.54, 1.807) is 12.2 Å². The van der Waals surface area contributed by atoms with Crippen molar-refractivity contribution in [2.45, 2.75) is 20.3 Å². The van der Waals surface area contributed by atoms with Gasteiger partial charge in [-0.05, 0) is 25.5 Å². The van der Waals surface area contributed by atoms with Gasteiger partial charge in [0.2, 0.25) is 0 Å². The molecule has 0 amide bonds. The largest absolute Gasteiger partial charge is 0 e. The molecule has 0 aromatic rings. The molecule has 1 aliphatic carbocycles. The molecule has 0 saturated carbocycles. The van der Waals surface area contributed by atoms with Gasteiger partial charge in [0, 0.05) is 23.5 Å². The van der Waals surface area contributed by atoms with Gasteiger partial charge < -0.3 is 0 Å². The second-order valence-corrected chi connectivity index (χ2v) is 2.89. The first kappa shape index (κ1) is 25.5. The number of allylic oxidation sites excluding steroid dienone is 6. The third-order valence-corrected chi connectivity index (χ3v) is 1.70. The first-order valence-corrected chi connectivity index (χ1v) is 4.35. The number of carbonyl (C=O) groups excluding carboxylic acids is 1. The summed E-state index contributed by atoms with van der Waals surface area (Å²) in [6, 6.07) is 0. The third kappa shape index (κ3) is 14.6. The van der Waals surface area contributed by atoms with Gasteiger partial charge in [0.15, 0.2) is 5.78 Å². The van der Waals surface area contributed by atoms with Crippen LogP contribution in [-0.4, -0.2) is 5.78 Å². The fourth-order valence-corrected chi connectivity index (χ4v) is 0.984. The fourth-order valence-electron chi connectivity index (χ4n) is 0.984. The van der Waals surface area contributed by atoms with Crippen molar-refractivity contribution in [1.82, 2.24) is 0 Å². The topological polar surface area (TPSA) is 76.8 Å². The Labute approximate surface area is 117 Å². The number of ketones is 1. The van der Waals surface area contributed by atoms with Gasteiger partial charge in [-0.2, -0.15) is 0 Å². The van der Waals surface area contributed by atoms with E-state index >= 15 is 0 Å². The molecule has 0 heterocycles. The molecule has 1 rings (SSSR count). The standard InChI is InChI=1S/C10H12O.3CO.Fe/c1-8(2)9-5-3-4-6-10(11)7-9;3*1-2;/h3-6H,7H2,1-2H3;;;;. The van der Waals surface area contributed by atoms with Crippen LogP contribution in [0.25, 0.3) is 0 Å². The van der Waals surface area contributed by atoms with E-state index in [1.165, 1.54) is 5.57 Å². The Kier molecular flexibility index (Phi) is 29.7. The van der Waals surface area contributed by atoms with Crippen LogP contribution in [0.15, 0.2) is 35.5 Å². The number of carbonyl (C=O) groups is 1. The Bertz CT molecular complexity index is 352. The first-order valence-electron chi connectivity index (χ1n) is 4.35. The molecule has 0 spiro atoms. The molecule has 18 heavy (non-hydrogen) atoms. The van der Waals surface area contributed by atoms with Gasteiger partial charge in [-0.15, -0.1) is 0 Å². The van der Waals surface area contributed by atoms with Gasteiger partial charge in [0.05, 0.1) is 0 Å². The Morgan fingerprint density at radius 3 is 1.78 bits per heavy atom. The molecule has 4 nitrogen and oxygen atoms in total. The van der Waals surface area contributed by atoms with Crippen molar-refractivity contribution in [2.75, 3.05) is 0 Å². The summed E-state index contributed by atoms with van der Waals surface area (Å²) in [4.78, 5) is 11.0. The summed E-state index contributed by atoms with van der Waals surface area (Å²) in [5.41, 5.74) is 2.36. The van der Waals surface area contributed by atoms with E-state index in [0.29, 0.717) is 6.42 Å².